The summed E-state index contributed by atoms with van der Waals surface area (Å²) in [7, 11) is 1.79. The highest BCUT2D eigenvalue weighted by molar-refractivity contribution is 7.93. The van der Waals surface area contributed by atoms with Gasteiger partial charge in [-0.05, 0) is 67.7 Å². The topological polar surface area (TPSA) is 123 Å². The van der Waals surface area contributed by atoms with E-state index in [1.807, 2.05) is 105 Å². The van der Waals surface area contributed by atoms with Crippen LogP contribution in [0.2, 0.25) is 5.02 Å². The van der Waals surface area contributed by atoms with Crippen molar-refractivity contribution in [1.82, 2.24) is 14.5 Å². The number of ether oxygens (including phenoxy) is 1. The van der Waals surface area contributed by atoms with E-state index in [9.17, 15) is 13.2 Å². The third kappa shape index (κ3) is 7.81. The van der Waals surface area contributed by atoms with Crippen molar-refractivity contribution < 1.29 is 17.9 Å². The zero-order chi connectivity index (χ0) is 34.6. The lowest BCUT2D eigenvalue weighted by Gasteiger charge is -2.27. The van der Waals surface area contributed by atoms with Crippen molar-refractivity contribution in [2.75, 3.05) is 38.1 Å². The summed E-state index contributed by atoms with van der Waals surface area (Å²) >= 11 is 6.55. The first-order valence-corrected chi connectivity index (χ1v) is 17.6. The van der Waals surface area contributed by atoms with Crippen LogP contribution in [-0.4, -0.2) is 68.6 Å². The molecular formula is C36H41ClN6O4S. The van der Waals surface area contributed by atoms with Gasteiger partial charge in [0.15, 0.2) is 0 Å². The SMILES string of the molecule is CC(C)COC(=O)/N=C(\N)c1ccc(CCc2nc3cc(N(CCN(C)C)S(=O)(=O)c4cccc5cccc(Cl)c45)ccc3n2C)cc1. The molecule has 1 aromatic heterocycles. The summed E-state index contributed by atoms with van der Waals surface area (Å²) in [5, 5.41) is 1.65. The molecule has 0 atom stereocenters. The number of carbonyl (C=O) groups is 1. The minimum absolute atomic E-state index is 0.103. The molecule has 0 aliphatic carbocycles. The predicted molar refractivity (Wildman–Crippen MR) is 194 cm³/mol. The molecule has 48 heavy (non-hydrogen) atoms. The van der Waals surface area contributed by atoms with E-state index in [4.69, 9.17) is 27.1 Å². The second-order valence-electron chi connectivity index (χ2n) is 12.4. The number of benzene rings is 4. The van der Waals surface area contributed by atoms with Crippen LogP contribution in [-0.2, 0) is 34.6 Å². The Bertz CT molecular complexity index is 2070. The number of halogens is 1. The number of hydrogen-bond acceptors (Lipinski definition) is 6. The molecule has 0 radical (unpaired) electrons. The summed E-state index contributed by atoms with van der Waals surface area (Å²) in [4.78, 5) is 22.8. The number of aryl methyl sites for hydroxylation is 3. The molecule has 0 saturated carbocycles. The van der Waals surface area contributed by atoms with Crippen molar-refractivity contribution in [3.63, 3.8) is 0 Å². The Balaban J connectivity index is 1.38. The van der Waals surface area contributed by atoms with Gasteiger partial charge in [0.05, 0.1) is 28.2 Å². The fraction of sp³-hybridized carbons (Fsp3) is 0.306. The smallest absolute Gasteiger partial charge is 0.435 e. The summed E-state index contributed by atoms with van der Waals surface area (Å²) < 4.78 is 37.2. The van der Waals surface area contributed by atoms with Gasteiger partial charge in [-0.2, -0.15) is 4.99 Å². The van der Waals surface area contributed by atoms with E-state index in [-0.39, 0.29) is 29.8 Å². The Labute approximate surface area is 286 Å². The zero-order valence-corrected chi connectivity index (χ0v) is 29.4. The highest BCUT2D eigenvalue weighted by Gasteiger charge is 2.28. The lowest BCUT2D eigenvalue weighted by Crippen LogP contribution is -2.36. The highest BCUT2D eigenvalue weighted by atomic mass is 35.5. The van der Waals surface area contributed by atoms with Gasteiger partial charge in [0, 0.05) is 42.5 Å². The number of imidazole rings is 1. The largest absolute Gasteiger partial charge is 0.448 e. The molecule has 0 unspecified atom stereocenters. The first-order valence-electron chi connectivity index (χ1n) is 15.8. The van der Waals surface area contributed by atoms with Crippen LogP contribution in [0.1, 0.15) is 30.8 Å². The molecule has 1 heterocycles. The Morgan fingerprint density at radius 3 is 2.40 bits per heavy atom. The zero-order valence-electron chi connectivity index (χ0n) is 27.9. The van der Waals surface area contributed by atoms with Crippen LogP contribution >= 0.6 is 11.6 Å². The maximum absolute atomic E-state index is 14.3. The fourth-order valence-electron chi connectivity index (χ4n) is 5.42. The third-order valence-electron chi connectivity index (χ3n) is 8.02. The Kier molecular flexibility index (Phi) is 10.7. The van der Waals surface area contributed by atoms with Crippen molar-refractivity contribution in [3.05, 3.63) is 101 Å². The summed E-state index contributed by atoms with van der Waals surface area (Å²) in [6.07, 6.45) is 0.664. The molecule has 4 aromatic carbocycles. The van der Waals surface area contributed by atoms with Gasteiger partial charge in [0.2, 0.25) is 0 Å². The molecular weight excluding hydrogens is 648 g/mol. The molecule has 0 fully saturated rings. The molecule has 0 bridgehead atoms. The number of nitrogens with zero attached hydrogens (tertiary/aromatic N) is 5. The number of fused-ring (bicyclic) bond motifs is 2. The van der Waals surface area contributed by atoms with Gasteiger partial charge in [-0.3, -0.25) is 4.31 Å². The average Bonchev–Trinajstić information content (AvgIpc) is 3.37. The number of amidine groups is 1. The predicted octanol–water partition coefficient (Wildman–Crippen LogP) is 6.42. The molecule has 12 heteroatoms. The van der Waals surface area contributed by atoms with E-state index in [1.54, 1.807) is 18.2 Å². The number of aliphatic imine (C=N–C) groups is 1. The maximum Gasteiger partial charge on any atom is 0.435 e. The van der Waals surface area contributed by atoms with Crippen LogP contribution in [0.15, 0.2) is 88.8 Å². The van der Waals surface area contributed by atoms with Gasteiger partial charge < -0.3 is 19.9 Å². The molecule has 1 amide bonds. The first-order chi connectivity index (χ1) is 22.8. The van der Waals surface area contributed by atoms with E-state index in [0.717, 1.165) is 22.3 Å². The molecule has 252 valence electrons. The molecule has 5 aromatic rings. The summed E-state index contributed by atoms with van der Waals surface area (Å²) in [6, 6.07) is 23.7. The van der Waals surface area contributed by atoms with Crippen molar-refractivity contribution in [2.24, 2.45) is 23.7 Å². The Morgan fingerprint density at radius 2 is 1.71 bits per heavy atom. The van der Waals surface area contributed by atoms with Crippen LogP contribution in [0.4, 0.5) is 10.5 Å². The number of rotatable bonds is 12. The van der Waals surface area contributed by atoms with Crippen LogP contribution < -0.4 is 10.0 Å². The Morgan fingerprint density at radius 1 is 1.00 bits per heavy atom. The monoisotopic (exact) mass is 688 g/mol. The molecule has 2 N–H and O–H groups in total. The van der Waals surface area contributed by atoms with Crippen LogP contribution in [0.25, 0.3) is 21.8 Å². The minimum Gasteiger partial charge on any atom is -0.448 e. The number of hydrogen-bond donors (Lipinski definition) is 1. The molecule has 0 aliphatic heterocycles. The van der Waals surface area contributed by atoms with Crippen LogP contribution in [0.5, 0.6) is 0 Å². The summed E-state index contributed by atoms with van der Waals surface area (Å²) in [5.74, 6) is 1.18. The van der Waals surface area contributed by atoms with Gasteiger partial charge >= 0.3 is 6.09 Å². The fourth-order valence-corrected chi connectivity index (χ4v) is 7.45. The molecule has 0 saturated heterocycles. The quantitative estimate of drug-likeness (QED) is 0.119. The lowest BCUT2D eigenvalue weighted by molar-refractivity contribution is 0.143. The summed E-state index contributed by atoms with van der Waals surface area (Å²) in [6.45, 7) is 4.94. The summed E-state index contributed by atoms with van der Waals surface area (Å²) in [5.41, 5.74) is 9.86. The maximum atomic E-state index is 14.3. The van der Waals surface area contributed by atoms with E-state index >= 15 is 0 Å². The van der Waals surface area contributed by atoms with Crippen LogP contribution in [0.3, 0.4) is 0 Å². The van der Waals surface area contributed by atoms with E-state index in [0.29, 0.717) is 46.6 Å². The van der Waals surface area contributed by atoms with E-state index in [2.05, 4.69) is 4.99 Å². The minimum atomic E-state index is -4.00. The number of amides is 1. The molecule has 0 spiro atoms. The number of aromatic nitrogens is 2. The first kappa shape index (κ1) is 34.9. The number of sulfonamides is 1. The van der Waals surface area contributed by atoms with Crippen molar-refractivity contribution in [2.45, 2.75) is 31.6 Å². The molecule has 10 nitrogen and oxygen atoms in total. The van der Waals surface area contributed by atoms with E-state index in [1.165, 1.54) is 4.31 Å². The second kappa shape index (κ2) is 14.8. The average molecular weight is 689 g/mol. The number of nitrogens with two attached hydrogens (primary N) is 1. The Hall–Kier alpha value is -4.45. The third-order valence-corrected chi connectivity index (χ3v) is 10.2. The number of carbonyl (C=O) groups excluding carboxylic acids is 1. The number of likely N-dealkylation sites (N-methyl/N-ethyl adjacent to an activating group) is 1. The second-order valence-corrected chi connectivity index (χ2v) is 14.6. The lowest BCUT2D eigenvalue weighted by atomic mass is 10.1. The van der Waals surface area contributed by atoms with Gasteiger partial charge in [-0.25, -0.2) is 18.2 Å². The standard InChI is InChI=1S/C36H41ClN6O4S/c1-24(2)23-47-36(44)40-35(38)27-15-12-25(13-16-27)14-19-33-39-30-22-28(17-18-31(30)42(33)5)43(21-20-41(3)4)48(45,46)32-11-7-9-26-8-6-10-29(37)34(26)32/h6-13,15-18,22,24H,14,19-21,23H2,1-5H3,(H2,38,40,44). The molecule has 5 rings (SSSR count). The van der Waals surface area contributed by atoms with E-state index < -0.39 is 16.1 Å². The normalized spacial score (nSPS) is 12.4. The van der Waals surface area contributed by atoms with Crippen molar-refractivity contribution in [3.8, 4) is 0 Å². The highest BCUT2D eigenvalue weighted by Crippen LogP contribution is 2.34. The number of anilines is 1. The van der Waals surface area contributed by atoms with Gasteiger partial charge in [0.25, 0.3) is 10.0 Å². The molecule has 0 aliphatic rings. The van der Waals surface area contributed by atoms with Crippen LogP contribution in [0, 0.1) is 5.92 Å². The van der Waals surface area contributed by atoms with Gasteiger partial charge in [-0.15, -0.1) is 0 Å². The van der Waals surface area contributed by atoms with Crippen molar-refractivity contribution >= 4 is 61.0 Å². The van der Waals surface area contributed by atoms with Gasteiger partial charge in [0.1, 0.15) is 11.7 Å². The van der Waals surface area contributed by atoms with Crippen molar-refractivity contribution in [1.29, 1.82) is 0 Å². The van der Waals surface area contributed by atoms with Gasteiger partial charge in [-0.1, -0.05) is 74.0 Å².